The Morgan fingerprint density at radius 1 is 1.04 bits per heavy atom. The van der Waals surface area contributed by atoms with Gasteiger partial charge in [0.15, 0.2) is 11.5 Å². The molecular formula is C21H17ClINO2. The molecule has 0 radical (unpaired) electrons. The van der Waals surface area contributed by atoms with Crippen LogP contribution in [0.2, 0.25) is 5.02 Å². The van der Waals surface area contributed by atoms with Gasteiger partial charge in [0.1, 0.15) is 6.61 Å². The molecule has 0 aliphatic heterocycles. The molecule has 3 rings (SSSR count). The molecule has 0 heterocycles. The summed E-state index contributed by atoms with van der Waals surface area (Å²) in [6, 6.07) is 21.4. The topological polar surface area (TPSA) is 30.8 Å². The third-order valence-corrected chi connectivity index (χ3v) is 4.87. The van der Waals surface area contributed by atoms with Gasteiger partial charge in [0.2, 0.25) is 0 Å². The fourth-order valence-corrected chi connectivity index (χ4v) is 3.35. The van der Waals surface area contributed by atoms with Crippen molar-refractivity contribution in [1.82, 2.24) is 0 Å². The molecule has 26 heavy (non-hydrogen) atoms. The summed E-state index contributed by atoms with van der Waals surface area (Å²) in [6.45, 7) is 0.378. The molecule has 5 heteroatoms. The summed E-state index contributed by atoms with van der Waals surface area (Å²) >= 11 is 8.44. The van der Waals surface area contributed by atoms with E-state index in [0.717, 1.165) is 20.4 Å². The number of ether oxygens (including phenoxy) is 2. The minimum Gasteiger partial charge on any atom is -0.493 e. The van der Waals surface area contributed by atoms with Crippen molar-refractivity contribution in [3.63, 3.8) is 0 Å². The zero-order valence-electron chi connectivity index (χ0n) is 14.2. The molecule has 0 saturated carbocycles. The van der Waals surface area contributed by atoms with Gasteiger partial charge < -0.3 is 9.47 Å². The fraction of sp³-hybridized carbons (Fsp3) is 0.0952. The van der Waals surface area contributed by atoms with Crippen molar-refractivity contribution in [2.75, 3.05) is 7.11 Å². The van der Waals surface area contributed by atoms with E-state index in [1.54, 1.807) is 7.11 Å². The second-order valence-electron chi connectivity index (χ2n) is 5.51. The Kier molecular flexibility index (Phi) is 6.52. The summed E-state index contributed by atoms with van der Waals surface area (Å²) < 4.78 is 12.4. The van der Waals surface area contributed by atoms with Crippen LogP contribution in [-0.4, -0.2) is 13.3 Å². The molecule has 3 aromatic carbocycles. The van der Waals surface area contributed by atoms with Gasteiger partial charge in [0.25, 0.3) is 0 Å². The quantitative estimate of drug-likeness (QED) is 0.309. The van der Waals surface area contributed by atoms with Crippen molar-refractivity contribution in [2.24, 2.45) is 4.99 Å². The molecule has 132 valence electrons. The molecule has 0 bridgehead atoms. The maximum atomic E-state index is 6.20. The van der Waals surface area contributed by atoms with Gasteiger partial charge in [-0.3, -0.25) is 4.99 Å². The predicted molar refractivity (Wildman–Crippen MR) is 115 cm³/mol. The maximum Gasteiger partial charge on any atom is 0.174 e. The lowest BCUT2D eigenvalue weighted by Gasteiger charge is -2.14. The van der Waals surface area contributed by atoms with Crippen LogP contribution in [0.1, 0.15) is 11.1 Å². The van der Waals surface area contributed by atoms with Gasteiger partial charge in [0.05, 0.1) is 16.4 Å². The smallest absolute Gasteiger partial charge is 0.174 e. The van der Waals surface area contributed by atoms with Crippen LogP contribution in [0.25, 0.3) is 0 Å². The molecule has 0 aromatic heterocycles. The molecule has 0 saturated heterocycles. The Balaban J connectivity index is 1.81. The molecule has 0 spiro atoms. The molecular weight excluding hydrogens is 461 g/mol. The average Bonchev–Trinajstić information content (AvgIpc) is 2.67. The van der Waals surface area contributed by atoms with Crippen molar-refractivity contribution in [3.05, 3.63) is 86.4 Å². The van der Waals surface area contributed by atoms with Crippen LogP contribution in [0.3, 0.4) is 0 Å². The molecule has 0 aliphatic rings. The lowest BCUT2D eigenvalue weighted by Crippen LogP contribution is -2.01. The van der Waals surface area contributed by atoms with Crippen LogP contribution >= 0.6 is 34.2 Å². The van der Waals surface area contributed by atoms with E-state index < -0.39 is 0 Å². The summed E-state index contributed by atoms with van der Waals surface area (Å²) in [7, 11) is 1.63. The normalized spacial score (nSPS) is 10.9. The number of benzene rings is 3. The monoisotopic (exact) mass is 477 g/mol. The van der Waals surface area contributed by atoms with E-state index in [4.69, 9.17) is 21.1 Å². The average molecular weight is 478 g/mol. The fourth-order valence-electron chi connectivity index (χ4n) is 2.38. The van der Waals surface area contributed by atoms with Crippen LogP contribution in [-0.2, 0) is 6.61 Å². The first-order valence-electron chi connectivity index (χ1n) is 8.00. The van der Waals surface area contributed by atoms with Gasteiger partial charge in [-0.15, -0.1) is 0 Å². The molecule has 0 N–H and O–H groups in total. The highest BCUT2D eigenvalue weighted by Gasteiger charge is 2.12. The molecule has 3 nitrogen and oxygen atoms in total. The lowest BCUT2D eigenvalue weighted by molar-refractivity contribution is 0.282. The van der Waals surface area contributed by atoms with Crippen molar-refractivity contribution in [2.45, 2.75) is 6.61 Å². The number of rotatable bonds is 6. The zero-order chi connectivity index (χ0) is 18.4. The Morgan fingerprint density at radius 3 is 2.50 bits per heavy atom. The van der Waals surface area contributed by atoms with E-state index in [-0.39, 0.29) is 0 Å². The predicted octanol–water partition coefficient (Wildman–Crippen LogP) is 6.28. The van der Waals surface area contributed by atoms with Gasteiger partial charge in [-0.1, -0.05) is 48.0 Å². The highest BCUT2D eigenvalue weighted by molar-refractivity contribution is 14.1. The Labute approximate surface area is 171 Å². The van der Waals surface area contributed by atoms with Crippen LogP contribution < -0.4 is 9.47 Å². The number of hydrogen-bond donors (Lipinski definition) is 0. The Morgan fingerprint density at radius 2 is 1.77 bits per heavy atom. The minimum absolute atomic E-state index is 0.378. The zero-order valence-corrected chi connectivity index (χ0v) is 17.1. The second kappa shape index (κ2) is 9.05. The molecule has 0 fully saturated rings. The van der Waals surface area contributed by atoms with Crippen LogP contribution in [0, 0.1) is 3.57 Å². The van der Waals surface area contributed by atoms with Crippen LogP contribution in [0.5, 0.6) is 11.5 Å². The lowest BCUT2D eigenvalue weighted by atomic mass is 10.2. The highest BCUT2D eigenvalue weighted by Crippen LogP contribution is 2.34. The molecule has 0 amide bonds. The Bertz CT molecular complexity index is 913. The summed E-state index contributed by atoms with van der Waals surface area (Å²) in [6.07, 6.45) is 1.82. The number of aliphatic imine (C=N–C) groups is 1. The third kappa shape index (κ3) is 4.77. The number of halogens is 2. The minimum atomic E-state index is 0.378. The number of para-hydroxylation sites is 1. The largest absolute Gasteiger partial charge is 0.493 e. The maximum absolute atomic E-state index is 6.20. The van der Waals surface area contributed by atoms with E-state index in [2.05, 4.69) is 27.6 Å². The number of methoxy groups -OCH3 is 1. The van der Waals surface area contributed by atoms with Crippen molar-refractivity contribution in [3.8, 4) is 11.5 Å². The summed E-state index contributed by atoms with van der Waals surface area (Å²) in [5.41, 5.74) is 2.78. The highest BCUT2D eigenvalue weighted by atomic mass is 127. The second-order valence-corrected chi connectivity index (χ2v) is 7.08. The molecule has 3 aromatic rings. The first kappa shape index (κ1) is 18.7. The summed E-state index contributed by atoms with van der Waals surface area (Å²) in [5.74, 6) is 1.36. The van der Waals surface area contributed by atoms with E-state index in [1.165, 1.54) is 0 Å². The van der Waals surface area contributed by atoms with Crippen molar-refractivity contribution < 1.29 is 9.47 Å². The van der Waals surface area contributed by atoms with E-state index in [9.17, 15) is 0 Å². The Hall–Kier alpha value is -2.05. The molecule has 0 atom stereocenters. The number of nitrogens with zero attached hydrogens (tertiary/aromatic N) is 1. The molecule has 0 unspecified atom stereocenters. The first-order valence-corrected chi connectivity index (χ1v) is 9.46. The summed E-state index contributed by atoms with van der Waals surface area (Å²) in [5, 5.41) is 0.688. The SMILES string of the molecule is COc1cc(C=Nc2ccccc2)cc(I)c1OCc1ccccc1Cl. The van der Waals surface area contributed by atoms with Gasteiger partial charge in [-0.05, 0) is 58.5 Å². The van der Waals surface area contributed by atoms with E-state index >= 15 is 0 Å². The van der Waals surface area contributed by atoms with Crippen LogP contribution in [0.15, 0.2) is 71.7 Å². The van der Waals surface area contributed by atoms with Gasteiger partial charge in [-0.25, -0.2) is 0 Å². The van der Waals surface area contributed by atoms with Gasteiger partial charge in [-0.2, -0.15) is 0 Å². The number of hydrogen-bond acceptors (Lipinski definition) is 3. The van der Waals surface area contributed by atoms with Crippen LogP contribution in [0.4, 0.5) is 5.69 Å². The third-order valence-electron chi connectivity index (χ3n) is 3.70. The standard InChI is InChI=1S/C21H17ClINO2/c1-25-20-12-15(13-24-17-8-3-2-4-9-17)11-19(23)21(20)26-14-16-7-5-6-10-18(16)22/h2-13H,14H2,1H3. The first-order chi connectivity index (χ1) is 12.7. The van der Waals surface area contributed by atoms with Crippen molar-refractivity contribution in [1.29, 1.82) is 0 Å². The van der Waals surface area contributed by atoms with E-state index in [0.29, 0.717) is 23.1 Å². The van der Waals surface area contributed by atoms with Crippen molar-refractivity contribution >= 4 is 46.1 Å². The van der Waals surface area contributed by atoms with E-state index in [1.807, 2.05) is 72.9 Å². The van der Waals surface area contributed by atoms with Gasteiger partial charge >= 0.3 is 0 Å². The van der Waals surface area contributed by atoms with Gasteiger partial charge in [0, 0.05) is 16.8 Å². The molecule has 0 aliphatic carbocycles. The summed E-state index contributed by atoms with van der Waals surface area (Å²) in [4.78, 5) is 4.49.